The van der Waals surface area contributed by atoms with E-state index >= 15 is 0 Å². The van der Waals surface area contributed by atoms with Gasteiger partial charge in [0.2, 0.25) is 5.91 Å². The maximum atomic E-state index is 12.5. The van der Waals surface area contributed by atoms with Crippen molar-refractivity contribution in [1.29, 1.82) is 0 Å². The molecule has 0 rings (SSSR count). The minimum Gasteiger partial charge on any atom is -0.394 e. The first-order valence-corrected chi connectivity index (χ1v) is 22.5. The number of aliphatic hydroxyl groups excluding tert-OH is 3. The summed E-state index contributed by atoms with van der Waals surface area (Å²) in [6, 6.07) is -0.792. The molecule has 1 amide bonds. The van der Waals surface area contributed by atoms with Gasteiger partial charge < -0.3 is 20.6 Å². The summed E-state index contributed by atoms with van der Waals surface area (Å²) in [5.41, 5.74) is 0. The van der Waals surface area contributed by atoms with Crippen molar-refractivity contribution in [2.45, 2.75) is 263 Å². The highest BCUT2D eigenvalue weighted by Crippen LogP contribution is 2.16. The van der Waals surface area contributed by atoms with E-state index in [9.17, 15) is 20.1 Å². The molecule has 0 fully saturated rings. The molecule has 4 N–H and O–H groups in total. The Bertz CT molecular complexity index is 699. The quantitative estimate of drug-likeness (QED) is 0.0376. The van der Waals surface area contributed by atoms with Crippen LogP contribution in [0.1, 0.15) is 245 Å². The molecule has 0 saturated carbocycles. The molecule has 0 aromatic carbocycles. The van der Waals surface area contributed by atoms with Gasteiger partial charge in [0.25, 0.3) is 0 Å². The Balaban J connectivity index is 3.61. The fourth-order valence-corrected chi connectivity index (χ4v) is 7.07. The highest BCUT2D eigenvalue weighted by molar-refractivity contribution is 5.80. The Labute approximate surface area is 312 Å². The number of unbranched alkanes of at least 4 members (excludes halogenated alkanes) is 33. The van der Waals surface area contributed by atoms with Crippen molar-refractivity contribution < 1.29 is 20.1 Å². The van der Waals surface area contributed by atoms with Gasteiger partial charge in [0, 0.05) is 0 Å². The maximum Gasteiger partial charge on any atom is 0.249 e. The largest absolute Gasteiger partial charge is 0.394 e. The van der Waals surface area contributed by atoms with Crippen molar-refractivity contribution in [2.24, 2.45) is 0 Å². The van der Waals surface area contributed by atoms with Crippen LogP contribution in [0.15, 0.2) is 12.2 Å². The van der Waals surface area contributed by atoms with E-state index in [1.807, 2.05) is 6.08 Å². The summed E-state index contributed by atoms with van der Waals surface area (Å²) in [5.74, 6) is -0.499. The monoisotopic (exact) mass is 708 g/mol. The molecule has 0 saturated heterocycles. The minimum absolute atomic E-state index is 0.359. The second kappa shape index (κ2) is 40.9. The maximum absolute atomic E-state index is 12.5. The van der Waals surface area contributed by atoms with E-state index in [0.717, 1.165) is 32.1 Å². The van der Waals surface area contributed by atoms with Crippen molar-refractivity contribution in [3.63, 3.8) is 0 Å². The number of carbonyl (C=O) groups is 1. The predicted molar refractivity (Wildman–Crippen MR) is 218 cm³/mol. The predicted octanol–water partition coefficient (Wildman–Crippen LogP) is 12.8. The first kappa shape index (κ1) is 49.1. The third-order valence-electron chi connectivity index (χ3n) is 10.6. The van der Waals surface area contributed by atoms with Crippen LogP contribution < -0.4 is 5.32 Å². The van der Waals surface area contributed by atoms with E-state index in [1.54, 1.807) is 6.08 Å². The topological polar surface area (TPSA) is 89.8 Å². The molecule has 3 unspecified atom stereocenters. The second-order valence-corrected chi connectivity index (χ2v) is 15.6. The summed E-state index contributed by atoms with van der Waals surface area (Å²) >= 11 is 0. The van der Waals surface area contributed by atoms with E-state index in [2.05, 4.69) is 19.2 Å². The Hall–Kier alpha value is -0.910. The van der Waals surface area contributed by atoms with Gasteiger partial charge in [-0.25, -0.2) is 0 Å². The lowest BCUT2D eigenvalue weighted by molar-refractivity contribution is -0.131. The number of carbonyl (C=O) groups excluding carboxylic acids is 1. The molecule has 0 aliphatic carbocycles. The lowest BCUT2D eigenvalue weighted by Crippen LogP contribution is -2.48. The average molecular weight is 708 g/mol. The number of nitrogens with one attached hydrogen (secondary N) is 1. The van der Waals surface area contributed by atoms with Crippen LogP contribution in [-0.4, -0.2) is 46.1 Å². The van der Waals surface area contributed by atoms with Crippen LogP contribution in [0.3, 0.4) is 0 Å². The number of amides is 1. The molecule has 0 spiro atoms. The fourth-order valence-electron chi connectivity index (χ4n) is 7.07. The van der Waals surface area contributed by atoms with Gasteiger partial charge in [-0.1, -0.05) is 238 Å². The molecule has 50 heavy (non-hydrogen) atoms. The van der Waals surface area contributed by atoms with Crippen molar-refractivity contribution in [1.82, 2.24) is 5.32 Å². The van der Waals surface area contributed by atoms with E-state index in [4.69, 9.17) is 0 Å². The normalized spacial score (nSPS) is 13.6. The molecule has 0 aliphatic rings. The highest BCUT2D eigenvalue weighted by atomic mass is 16.3. The standard InChI is InChI=1S/C45H89NO4/c1-3-5-7-9-11-13-15-17-19-20-21-22-23-24-26-28-30-32-34-36-38-40-44(49)45(50)46-42(41-47)43(48)39-37-35-33-31-29-27-25-18-16-14-12-10-8-6-4-2/h37,39,42-44,47-49H,3-36,38,40-41H2,1-2H3,(H,46,50)/b39-37+. The summed E-state index contributed by atoms with van der Waals surface area (Å²) < 4.78 is 0. The Kier molecular flexibility index (Phi) is 40.1. The minimum atomic E-state index is -1.09. The zero-order valence-corrected chi connectivity index (χ0v) is 33.8. The van der Waals surface area contributed by atoms with E-state index in [0.29, 0.717) is 6.42 Å². The third-order valence-corrected chi connectivity index (χ3v) is 10.6. The summed E-state index contributed by atoms with van der Waals surface area (Å²) in [6.07, 6.45) is 48.2. The van der Waals surface area contributed by atoms with Gasteiger partial charge in [0.15, 0.2) is 0 Å². The molecule has 298 valence electrons. The van der Waals surface area contributed by atoms with Crippen LogP contribution in [0.4, 0.5) is 0 Å². The first-order valence-electron chi connectivity index (χ1n) is 22.5. The van der Waals surface area contributed by atoms with Gasteiger partial charge in [-0.05, 0) is 19.3 Å². The highest BCUT2D eigenvalue weighted by Gasteiger charge is 2.22. The molecule has 0 bridgehead atoms. The molecular weight excluding hydrogens is 618 g/mol. The van der Waals surface area contributed by atoms with Gasteiger partial charge in [-0.2, -0.15) is 0 Å². The van der Waals surface area contributed by atoms with Crippen molar-refractivity contribution in [2.75, 3.05) is 6.61 Å². The molecule has 5 heteroatoms. The SMILES string of the molecule is CCCCCCCCCCCCCCC/C=C/C(O)C(CO)NC(=O)C(O)CCCCCCCCCCCCCCCCCCCCCCC. The summed E-state index contributed by atoms with van der Waals surface area (Å²) in [6.45, 7) is 4.20. The van der Waals surface area contributed by atoms with Gasteiger partial charge in [0.05, 0.1) is 18.8 Å². The zero-order chi connectivity index (χ0) is 36.6. The van der Waals surface area contributed by atoms with Crippen LogP contribution in [0.25, 0.3) is 0 Å². The smallest absolute Gasteiger partial charge is 0.249 e. The summed E-state index contributed by atoms with van der Waals surface area (Å²) in [4.78, 5) is 12.5. The molecular formula is C45H89NO4. The summed E-state index contributed by atoms with van der Waals surface area (Å²) in [7, 11) is 0. The van der Waals surface area contributed by atoms with Crippen LogP contribution in [0, 0.1) is 0 Å². The molecule has 5 nitrogen and oxygen atoms in total. The fraction of sp³-hybridized carbons (Fsp3) is 0.933. The lowest BCUT2D eigenvalue weighted by Gasteiger charge is -2.21. The number of hydrogen-bond donors (Lipinski definition) is 4. The van der Waals surface area contributed by atoms with Crippen molar-refractivity contribution in [3.8, 4) is 0 Å². The molecule has 0 aliphatic heterocycles. The van der Waals surface area contributed by atoms with Crippen LogP contribution in [0.5, 0.6) is 0 Å². The Morgan fingerprint density at radius 2 is 0.780 bits per heavy atom. The van der Waals surface area contributed by atoms with Crippen molar-refractivity contribution in [3.05, 3.63) is 12.2 Å². The second-order valence-electron chi connectivity index (χ2n) is 15.6. The van der Waals surface area contributed by atoms with Crippen molar-refractivity contribution >= 4 is 5.91 Å². The molecule has 3 atom stereocenters. The molecule has 0 aromatic heterocycles. The average Bonchev–Trinajstić information content (AvgIpc) is 3.12. The zero-order valence-electron chi connectivity index (χ0n) is 33.8. The van der Waals surface area contributed by atoms with Gasteiger partial charge in [0.1, 0.15) is 6.10 Å². The Morgan fingerprint density at radius 1 is 0.480 bits per heavy atom. The van der Waals surface area contributed by atoms with Gasteiger partial charge in [-0.3, -0.25) is 4.79 Å². The lowest BCUT2D eigenvalue weighted by atomic mass is 10.0. The Morgan fingerprint density at radius 3 is 1.10 bits per heavy atom. The van der Waals surface area contributed by atoms with Crippen LogP contribution >= 0.6 is 0 Å². The number of hydrogen-bond acceptors (Lipinski definition) is 4. The van der Waals surface area contributed by atoms with E-state index in [1.165, 1.54) is 193 Å². The molecule has 0 heterocycles. The van der Waals surface area contributed by atoms with E-state index in [-0.39, 0.29) is 6.61 Å². The van der Waals surface area contributed by atoms with Crippen LogP contribution in [0.2, 0.25) is 0 Å². The van der Waals surface area contributed by atoms with Crippen LogP contribution in [-0.2, 0) is 4.79 Å². The number of allylic oxidation sites excluding steroid dienone is 1. The number of aliphatic hydroxyl groups is 3. The van der Waals surface area contributed by atoms with Gasteiger partial charge >= 0.3 is 0 Å². The third kappa shape index (κ3) is 35.5. The molecule has 0 aromatic rings. The van der Waals surface area contributed by atoms with E-state index < -0.39 is 24.2 Å². The van der Waals surface area contributed by atoms with Gasteiger partial charge in [-0.15, -0.1) is 0 Å². The summed E-state index contributed by atoms with van der Waals surface area (Å²) in [5, 5.41) is 33.1. The number of rotatable bonds is 41. The molecule has 0 radical (unpaired) electrons. The first-order chi connectivity index (χ1) is 24.6.